The van der Waals surface area contributed by atoms with Crippen molar-refractivity contribution in [2.75, 3.05) is 13.2 Å². The summed E-state index contributed by atoms with van der Waals surface area (Å²) in [5.74, 6) is -0.727. The Hall–Kier alpha value is -2.28. The number of ether oxygens (including phenoxy) is 2. The van der Waals surface area contributed by atoms with Crippen LogP contribution in [0.3, 0.4) is 0 Å². The van der Waals surface area contributed by atoms with E-state index in [0.29, 0.717) is 10.8 Å². The number of imide groups is 1. The Morgan fingerprint density at radius 1 is 1.15 bits per heavy atom. The molecular formula is C19H27ClN2O5. The van der Waals surface area contributed by atoms with E-state index >= 15 is 0 Å². The molecule has 0 unspecified atom stereocenters. The van der Waals surface area contributed by atoms with Crippen LogP contribution < -0.4 is 15.4 Å². The van der Waals surface area contributed by atoms with Crippen LogP contribution in [-0.2, 0) is 14.3 Å². The van der Waals surface area contributed by atoms with E-state index in [1.807, 2.05) is 40.7 Å². The number of esters is 1. The SMILES string of the molecule is CC[C@@H](C)NC(=O)NC(=O)COC(=O)COc1cc(C)c(Cl)cc1C(C)C. The highest BCUT2D eigenvalue weighted by Crippen LogP contribution is 2.31. The molecule has 0 fully saturated rings. The molecule has 27 heavy (non-hydrogen) atoms. The van der Waals surface area contributed by atoms with Crippen LogP contribution in [0.15, 0.2) is 12.1 Å². The van der Waals surface area contributed by atoms with Gasteiger partial charge in [-0.25, -0.2) is 9.59 Å². The molecule has 1 atom stereocenters. The van der Waals surface area contributed by atoms with Crippen LogP contribution in [0.1, 0.15) is 51.2 Å². The van der Waals surface area contributed by atoms with Gasteiger partial charge in [0.15, 0.2) is 13.2 Å². The van der Waals surface area contributed by atoms with Gasteiger partial charge in [-0.1, -0.05) is 32.4 Å². The maximum atomic E-state index is 11.8. The van der Waals surface area contributed by atoms with Crippen LogP contribution in [0.2, 0.25) is 5.02 Å². The Balaban J connectivity index is 2.49. The summed E-state index contributed by atoms with van der Waals surface area (Å²) in [5.41, 5.74) is 1.70. The minimum absolute atomic E-state index is 0.0632. The molecule has 0 aliphatic heterocycles. The molecule has 1 aromatic rings. The molecule has 0 bridgehead atoms. The van der Waals surface area contributed by atoms with Crippen molar-refractivity contribution in [1.82, 2.24) is 10.6 Å². The highest BCUT2D eigenvalue weighted by molar-refractivity contribution is 6.31. The van der Waals surface area contributed by atoms with Crippen molar-refractivity contribution >= 4 is 29.5 Å². The molecule has 1 rings (SSSR count). The topological polar surface area (TPSA) is 93.7 Å². The summed E-state index contributed by atoms with van der Waals surface area (Å²) in [6.07, 6.45) is 0.733. The second-order valence-corrected chi connectivity index (χ2v) is 6.98. The summed E-state index contributed by atoms with van der Waals surface area (Å²) >= 11 is 6.14. The molecule has 0 spiro atoms. The number of urea groups is 1. The zero-order valence-electron chi connectivity index (χ0n) is 16.3. The number of hydrogen-bond donors (Lipinski definition) is 2. The number of halogens is 1. The standard InChI is InChI=1S/C19H27ClN2O5/c1-6-13(5)21-19(25)22-17(23)9-27-18(24)10-26-16-7-12(4)15(20)8-14(16)11(2)3/h7-8,11,13H,6,9-10H2,1-5H3,(H2,21,22,23,25)/t13-/m1/s1. The minimum Gasteiger partial charge on any atom is -0.482 e. The number of aryl methyl sites for hydroxylation is 1. The summed E-state index contributed by atoms with van der Waals surface area (Å²) in [6, 6.07) is 2.88. The zero-order chi connectivity index (χ0) is 20.6. The first kappa shape index (κ1) is 22.8. The maximum Gasteiger partial charge on any atom is 0.344 e. The third kappa shape index (κ3) is 7.86. The first-order chi connectivity index (χ1) is 12.6. The van der Waals surface area contributed by atoms with Crippen molar-refractivity contribution in [3.8, 4) is 5.75 Å². The first-order valence-electron chi connectivity index (χ1n) is 8.82. The molecule has 0 aliphatic carbocycles. The van der Waals surface area contributed by atoms with Crippen LogP contribution in [0.25, 0.3) is 0 Å². The number of carbonyl (C=O) groups excluding carboxylic acids is 3. The largest absolute Gasteiger partial charge is 0.482 e. The second-order valence-electron chi connectivity index (χ2n) is 6.57. The fourth-order valence-electron chi connectivity index (χ4n) is 2.10. The van der Waals surface area contributed by atoms with Crippen LogP contribution in [0.4, 0.5) is 4.79 Å². The molecule has 0 saturated heterocycles. The van der Waals surface area contributed by atoms with Gasteiger partial charge in [0, 0.05) is 11.1 Å². The van der Waals surface area contributed by atoms with Gasteiger partial charge in [-0.15, -0.1) is 0 Å². The number of benzene rings is 1. The Labute approximate surface area is 164 Å². The monoisotopic (exact) mass is 398 g/mol. The Morgan fingerprint density at radius 3 is 2.41 bits per heavy atom. The van der Waals surface area contributed by atoms with Gasteiger partial charge in [0.2, 0.25) is 0 Å². The highest BCUT2D eigenvalue weighted by atomic mass is 35.5. The normalized spacial score (nSPS) is 11.7. The molecule has 0 saturated carbocycles. The lowest BCUT2D eigenvalue weighted by Crippen LogP contribution is -2.44. The molecule has 1 aromatic carbocycles. The third-order valence-electron chi connectivity index (χ3n) is 3.87. The van der Waals surface area contributed by atoms with E-state index in [0.717, 1.165) is 17.5 Å². The fourth-order valence-corrected chi connectivity index (χ4v) is 2.27. The van der Waals surface area contributed by atoms with Crippen molar-refractivity contribution in [2.45, 2.75) is 53.0 Å². The smallest absolute Gasteiger partial charge is 0.344 e. The van der Waals surface area contributed by atoms with Crippen molar-refractivity contribution in [3.63, 3.8) is 0 Å². The molecule has 3 amide bonds. The Bertz CT molecular complexity index is 691. The van der Waals surface area contributed by atoms with Crippen molar-refractivity contribution in [2.24, 2.45) is 0 Å². The highest BCUT2D eigenvalue weighted by Gasteiger charge is 2.15. The predicted molar refractivity (Wildman–Crippen MR) is 103 cm³/mol. The van der Waals surface area contributed by atoms with Gasteiger partial charge in [0.05, 0.1) is 0 Å². The lowest BCUT2D eigenvalue weighted by Gasteiger charge is -2.15. The average Bonchev–Trinajstić information content (AvgIpc) is 2.59. The van der Waals surface area contributed by atoms with E-state index < -0.39 is 24.5 Å². The van der Waals surface area contributed by atoms with E-state index in [2.05, 4.69) is 10.6 Å². The number of carbonyl (C=O) groups is 3. The van der Waals surface area contributed by atoms with E-state index in [4.69, 9.17) is 21.1 Å². The molecule has 150 valence electrons. The molecule has 0 aromatic heterocycles. The Morgan fingerprint density at radius 2 is 1.81 bits per heavy atom. The van der Waals surface area contributed by atoms with Crippen molar-refractivity contribution in [3.05, 3.63) is 28.3 Å². The van der Waals surface area contributed by atoms with Gasteiger partial charge >= 0.3 is 12.0 Å². The predicted octanol–water partition coefficient (Wildman–Crippen LogP) is 3.32. The lowest BCUT2D eigenvalue weighted by atomic mass is 10.0. The van der Waals surface area contributed by atoms with Crippen molar-refractivity contribution in [1.29, 1.82) is 0 Å². The summed E-state index contributed by atoms with van der Waals surface area (Å²) in [4.78, 5) is 35.0. The summed E-state index contributed by atoms with van der Waals surface area (Å²) < 4.78 is 10.4. The molecule has 0 aliphatic rings. The number of rotatable bonds is 8. The van der Waals surface area contributed by atoms with Crippen LogP contribution in [0, 0.1) is 6.92 Å². The fraction of sp³-hybridized carbons (Fsp3) is 0.526. The van der Waals surface area contributed by atoms with Crippen molar-refractivity contribution < 1.29 is 23.9 Å². The summed E-state index contributed by atoms with van der Waals surface area (Å²) in [6.45, 7) is 8.61. The van der Waals surface area contributed by atoms with Gasteiger partial charge < -0.3 is 14.8 Å². The van der Waals surface area contributed by atoms with Gasteiger partial charge in [0.25, 0.3) is 5.91 Å². The lowest BCUT2D eigenvalue weighted by molar-refractivity contribution is -0.150. The van der Waals surface area contributed by atoms with Crippen LogP contribution >= 0.6 is 11.6 Å². The molecule has 0 radical (unpaired) electrons. The Kier molecular flexibility index (Phi) is 9.08. The molecule has 2 N–H and O–H groups in total. The molecule has 8 heteroatoms. The maximum absolute atomic E-state index is 11.8. The zero-order valence-corrected chi connectivity index (χ0v) is 17.1. The average molecular weight is 399 g/mol. The van der Waals surface area contributed by atoms with E-state index in [-0.39, 0.29) is 18.6 Å². The number of nitrogens with one attached hydrogen (secondary N) is 2. The van der Waals surface area contributed by atoms with Gasteiger partial charge in [-0.05, 0) is 49.4 Å². The van der Waals surface area contributed by atoms with Gasteiger partial charge in [0.1, 0.15) is 5.75 Å². The van der Waals surface area contributed by atoms with Gasteiger partial charge in [-0.3, -0.25) is 10.1 Å². The van der Waals surface area contributed by atoms with Crippen LogP contribution in [0.5, 0.6) is 5.75 Å². The van der Waals surface area contributed by atoms with E-state index in [9.17, 15) is 14.4 Å². The number of hydrogen-bond acceptors (Lipinski definition) is 5. The second kappa shape index (κ2) is 10.8. The van der Waals surface area contributed by atoms with E-state index in [1.54, 1.807) is 6.07 Å². The van der Waals surface area contributed by atoms with Gasteiger partial charge in [-0.2, -0.15) is 0 Å². The van der Waals surface area contributed by atoms with Crippen LogP contribution in [-0.4, -0.2) is 37.2 Å². The van der Waals surface area contributed by atoms with E-state index in [1.165, 1.54) is 0 Å². The minimum atomic E-state index is -0.714. The molecule has 0 heterocycles. The molecule has 7 nitrogen and oxygen atoms in total. The first-order valence-corrected chi connectivity index (χ1v) is 9.20. The summed E-state index contributed by atoms with van der Waals surface area (Å²) in [7, 11) is 0. The third-order valence-corrected chi connectivity index (χ3v) is 4.27. The number of amides is 3. The quantitative estimate of drug-likeness (QED) is 0.655. The summed E-state index contributed by atoms with van der Waals surface area (Å²) in [5, 5.41) is 5.29. The molecular weight excluding hydrogens is 372 g/mol.